The molecule has 1 saturated heterocycles. The summed E-state index contributed by atoms with van der Waals surface area (Å²) in [7, 11) is 0. The minimum atomic E-state index is -0.517. The van der Waals surface area contributed by atoms with Crippen LogP contribution in [0.25, 0.3) is 5.65 Å². The second-order valence-corrected chi connectivity index (χ2v) is 8.19. The van der Waals surface area contributed by atoms with E-state index < -0.39 is 11.7 Å². The molecule has 0 spiro atoms. The van der Waals surface area contributed by atoms with Crippen molar-refractivity contribution in [3.05, 3.63) is 57.5 Å². The molecule has 0 saturated carbocycles. The zero-order chi connectivity index (χ0) is 23.1. The molecule has 0 aliphatic carbocycles. The molecule has 5 rings (SSSR count). The first-order valence-corrected chi connectivity index (χ1v) is 10.9. The number of carbonyl (C=O) groups is 2. The number of aromatic nitrogens is 4. The number of carbonyl (C=O) groups excluding carboxylic acids is 2. The second-order valence-electron chi connectivity index (χ2n) is 8.19. The Balaban J connectivity index is 1.55. The molecule has 3 aromatic heterocycles. The van der Waals surface area contributed by atoms with Crippen LogP contribution >= 0.6 is 0 Å². The van der Waals surface area contributed by atoms with Crippen molar-refractivity contribution in [1.29, 1.82) is 0 Å². The Kier molecular flexibility index (Phi) is 5.41. The lowest BCUT2D eigenvalue weighted by molar-refractivity contribution is -0.116. The summed E-state index contributed by atoms with van der Waals surface area (Å²) >= 11 is 0. The second kappa shape index (κ2) is 8.39. The number of nitrogens with zero attached hydrogens (tertiary/aromatic N) is 5. The number of pyridine rings is 1. The summed E-state index contributed by atoms with van der Waals surface area (Å²) in [6, 6.07) is 4.13. The zero-order valence-electron chi connectivity index (χ0n) is 18.1. The van der Waals surface area contributed by atoms with Gasteiger partial charge in [-0.3, -0.25) is 14.4 Å². The van der Waals surface area contributed by atoms with Crippen LogP contribution in [0.4, 0.5) is 10.2 Å². The number of aryl methyl sites for hydroxylation is 1. The SMILES string of the molecule is CCc1cc2n(CC(=O)Nc3ccc(F)cn3)c3c(c(=O)n2n1)CN(C1CCCOC1)C3=O. The molecule has 11 heteroatoms. The fourth-order valence-electron chi connectivity index (χ4n) is 4.41. The lowest BCUT2D eigenvalue weighted by atomic mass is 10.1. The zero-order valence-corrected chi connectivity index (χ0v) is 18.1. The van der Waals surface area contributed by atoms with Crippen LogP contribution in [0.15, 0.2) is 29.2 Å². The van der Waals surface area contributed by atoms with Crippen LogP contribution < -0.4 is 10.9 Å². The lowest BCUT2D eigenvalue weighted by Crippen LogP contribution is -2.41. The molecule has 172 valence electrons. The molecular formula is C22H23FN6O4. The van der Waals surface area contributed by atoms with Crippen LogP contribution in [0.5, 0.6) is 0 Å². The number of hydrogen-bond donors (Lipinski definition) is 1. The molecular weight excluding hydrogens is 431 g/mol. The molecule has 3 aromatic rings. The number of halogens is 1. The van der Waals surface area contributed by atoms with Crippen molar-refractivity contribution in [2.24, 2.45) is 0 Å². The third-order valence-corrected chi connectivity index (χ3v) is 6.05. The summed E-state index contributed by atoms with van der Waals surface area (Å²) in [5, 5.41) is 6.98. The van der Waals surface area contributed by atoms with Crippen molar-refractivity contribution in [2.75, 3.05) is 18.5 Å². The van der Waals surface area contributed by atoms with Crippen LogP contribution in [0.1, 0.15) is 41.5 Å². The van der Waals surface area contributed by atoms with Crippen LogP contribution in [-0.2, 0) is 29.0 Å². The minimum absolute atomic E-state index is 0.123. The molecule has 0 radical (unpaired) electrons. The van der Waals surface area contributed by atoms with Gasteiger partial charge in [-0.1, -0.05) is 6.92 Å². The van der Waals surface area contributed by atoms with E-state index in [1.54, 1.807) is 11.0 Å². The smallest absolute Gasteiger partial charge is 0.280 e. The van der Waals surface area contributed by atoms with E-state index in [1.165, 1.54) is 21.2 Å². The molecule has 1 N–H and O–H groups in total. The van der Waals surface area contributed by atoms with Crippen LogP contribution in [0.3, 0.4) is 0 Å². The van der Waals surface area contributed by atoms with Gasteiger partial charge in [-0.05, 0) is 31.4 Å². The van der Waals surface area contributed by atoms with Gasteiger partial charge >= 0.3 is 0 Å². The molecule has 1 atom stereocenters. The highest BCUT2D eigenvalue weighted by Crippen LogP contribution is 2.27. The normalized spacial score (nSPS) is 18.1. The predicted molar refractivity (Wildman–Crippen MR) is 115 cm³/mol. The molecule has 10 nitrogen and oxygen atoms in total. The maximum absolute atomic E-state index is 13.5. The number of fused-ring (bicyclic) bond motifs is 2. The number of anilines is 1. The number of amides is 2. The maximum atomic E-state index is 13.5. The highest BCUT2D eigenvalue weighted by Gasteiger charge is 2.39. The van der Waals surface area contributed by atoms with Gasteiger partial charge in [-0.15, -0.1) is 0 Å². The number of nitrogens with one attached hydrogen (secondary N) is 1. The Bertz CT molecular complexity index is 1290. The molecule has 0 bridgehead atoms. The molecule has 0 aromatic carbocycles. The van der Waals surface area contributed by atoms with Gasteiger partial charge < -0.3 is 19.5 Å². The monoisotopic (exact) mass is 454 g/mol. The topological polar surface area (TPSA) is 111 Å². The van der Waals surface area contributed by atoms with E-state index in [0.29, 0.717) is 36.5 Å². The lowest BCUT2D eigenvalue weighted by Gasteiger charge is -2.30. The number of hydrogen-bond acceptors (Lipinski definition) is 6. The van der Waals surface area contributed by atoms with Crippen molar-refractivity contribution < 1.29 is 18.7 Å². The van der Waals surface area contributed by atoms with E-state index in [9.17, 15) is 18.8 Å². The summed E-state index contributed by atoms with van der Waals surface area (Å²) in [5.41, 5.74) is 1.20. The highest BCUT2D eigenvalue weighted by atomic mass is 19.1. The largest absolute Gasteiger partial charge is 0.379 e. The Labute approximate surface area is 188 Å². The third kappa shape index (κ3) is 3.78. The first-order valence-electron chi connectivity index (χ1n) is 10.9. The van der Waals surface area contributed by atoms with Gasteiger partial charge in [0.25, 0.3) is 11.5 Å². The van der Waals surface area contributed by atoms with Crippen LogP contribution in [-0.4, -0.2) is 55.1 Å². The number of rotatable bonds is 5. The molecule has 2 amide bonds. The van der Waals surface area contributed by atoms with E-state index >= 15 is 0 Å². The van der Waals surface area contributed by atoms with E-state index in [2.05, 4.69) is 15.4 Å². The first kappa shape index (κ1) is 21.3. The third-order valence-electron chi connectivity index (χ3n) is 6.05. The van der Waals surface area contributed by atoms with Gasteiger partial charge in [0.15, 0.2) is 0 Å². The summed E-state index contributed by atoms with van der Waals surface area (Å²) < 4.78 is 21.5. The summed E-state index contributed by atoms with van der Waals surface area (Å²) in [4.78, 5) is 45.0. The fourth-order valence-corrected chi connectivity index (χ4v) is 4.41. The average Bonchev–Trinajstić information content (AvgIpc) is 3.41. The Morgan fingerprint density at radius 2 is 2.18 bits per heavy atom. The summed E-state index contributed by atoms with van der Waals surface area (Å²) in [6.07, 6.45) is 3.23. The Hall–Kier alpha value is -3.60. The van der Waals surface area contributed by atoms with Gasteiger partial charge in [0.2, 0.25) is 5.91 Å². The predicted octanol–water partition coefficient (Wildman–Crippen LogP) is 1.37. The van der Waals surface area contributed by atoms with Gasteiger partial charge in [-0.25, -0.2) is 9.37 Å². The van der Waals surface area contributed by atoms with E-state index in [1.807, 2.05) is 6.92 Å². The van der Waals surface area contributed by atoms with E-state index in [0.717, 1.165) is 19.0 Å². The molecule has 1 fully saturated rings. The van der Waals surface area contributed by atoms with Crippen molar-refractivity contribution in [3.63, 3.8) is 0 Å². The molecule has 1 unspecified atom stereocenters. The Morgan fingerprint density at radius 3 is 2.88 bits per heavy atom. The molecule has 5 heterocycles. The van der Waals surface area contributed by atoms with Crippen molar-refractivity contribution >= 4 is 23.3 Å². The highest BCUT2D eigenvalue weighted by molar-refractivity contribution is 5.98. The van der Waals surface area contributed by atoms with Gasteiger partial charge in [-0.2, -0.15) is 9.61 Å². The quantitative estimate of drug-likeness (QED) is 0.623. The van der Waals surface area contributed by atoms with Crippen molar-refractivity contribution in [3.8, 4) is 0 Å². The standard InChI is InChI=1S/C22H23FN6O4/c1-2-14-8-19-28(11-18(30)25-17-6-5-13(23)9-24-17)20-16(21(31)29(19)26-14)10-27(22(20)32)15-4-3-7-33-12-15/h5-6,8-9,15H,2-4,7,10-12H2,1H3,(H,24,25,30). The molecule has 2 aliphatic heterocycles. The summed E-state index contributed by atoms with van der Waals surface area (Å²) in [6.45, 7) is 2.90. The summed E-state index contributed by atoms with van der Waals surface area (Å²) in [5.74, 6) is -1.10. The first-order chi connectivity index (χ1) is 16.0. The Morgan fingerprint density at radius 1 is 1.33 bits per heavy atom. The van der Waals surface area contributed by atoms with Gasteiger partial charge in [0, 0.05) is 12.7 Å². The van der Waals surface area contributed by atoms with E-state index in [4.69, 9.17) is 4.74 Å². The molecule has 33 heavy (non-hydrogen) atoms. The maximum Gasteiger partial charge on any atom is 0.280 e. The van der Waals surface area contributed by atoms with Gasteiger partial charge in [0.1, 0.15) is 29.5 Å². The minimum Gasteiger partial charge on any atom is -0.379 e. The van der Waals surface area contributed by atoms with E-state index in [-0.39, 0.29) is 42.1 Å². The van der Waals surface area contributed by atoms with Gasteiger partial charge in [0.05, 0.1) is 36.6 Å². The van der Waals surface area contributed by atoms with Crippen LogP contribution in [0, 0.1) is 5.82 Å². The fraction of sp³-hybridized carbons (Fsp3) is 0.409. The van der Waals surface area contributed by atoms with Crippen molar-refractivity contribution in [1.82, 2.24) is 24.1 Å². The van der Waals surface area contributed by atoms with Crippen molar-refractivity contribution in [2.45, 2.75) is 45.3 Å². The molecule has 2 aliphatic rings. The number of ether oxygens (including phenoxy) is 1. The average molecular weight is 454 g/mol. The van der Waals surface area contributed by atoms with Crippen LogP contribution in [0.2, 0.25) is 0 Å².